The number of rotatable bonds is 2. The van der Waals surface area contributed by atoms with Crippen molar-refractivity contribution in [3.05, 3.63) is 62.3 Å². The highest BCUT2D eigenvalue weighted by Crippen LogP contribution is 2.14. The normalized spacial score (nSPS) is 10.7. The van der Waals surface area contributed by atoms with Gasteiger partial charge in [-0.05, 0) is 38.8 Å². The van der Waals surface area contributed by atoms with Crippen LogP contribution in [-0.4, -0.2) is 9.97 Å². The lowest BCUT2D eigenvalue weighted by molar-refractivity contribution is 0.925. The minimum atomic E-state index is -0.0278. The minimum Gasteiger partial charge on any atom is -0.311 e. The molecular weight excluding hydrogens is 224 g/mol. The maximum Gasteiger partial charge on any atom is 0.254 e. The Kier molecular flexibility index (Phi) is 3.32. The van der Waals surface area contributed by atoms with Crippen LogP contribution in [0.5, 0.6) is 0 Å². The van der Waals surface area contributed by atoms with Crippen molar-refractivity contribution in [3.63, 3.8) is 0 Å². The van der Waals surface area contributed by atoms with Crippen LogP contribution in [-0.2, 0) is 6.42 Å². The van der Waals surface area contributed by atoms with Crippen LogP contribution in [0.1, 0.15) is 33.8 Å². The number of aromatic amines is 1. The van der Waals surface area contributed by atoms with Crippen molar-refractivity contribution in [2.45, 2.75) is 34.1 Å². The monoisotopic (exact) mass is 242 g/mol. The smallest absolute Gasteiger partial charge is 0.254 e. The Morgan fingerprint density at radius 1 is 1.17 bits per heavy atom. The molecule has 1 aromatic carbocycles. The molecule has 18 heavy (non-hydrogen) atoms. The summed E-state index contributed by atoms with van der Waals surface area (Å²) < 4.78 is 0. The molecule has 2 rings (SSSR count). The molecule has 0 amide bonds. The fourth-order valence-corrected chi connectivity index (χ4v) is 2.19. The van der Waals surface area contributed by atoms with Crippen molar-refractivity contribution in [3.8, 4) is 0 Å². The molecule has 94 valence electrons. The van der Waals surface area contributed by atoms with Crippen molar-refractivity contribution in [1.29, 1.82) is 0 Å². The number of nitrogens with one attached hydrogen (secondary N) is 1. The first kappa shape index (κ1) is 12.6. The van der Waals surface area contributed by atoms with Crippen LogP contribution in [0.3, 0.4) is 0 Å². The number of aromatic nitrogens is 2. The van der Waals surface area contributed by atoms with Crippen LogP contribution in [0.25, 0.3) is 0 Å². The zero-order valence-corrected chi connectivity index (χ0v) is 11.3. The van der Waals surface area contributed by atoms with E-state index in [0.717, 1.165) is 11.3 Å². The molecule has 0 aliphatic heterocycles. The standard InChI is InChI=1S/C15H18N2O/c1-9-5-6-13(10(2)7-9)8-14-11(3)16-12(4)17-15(14)18/h5-7H,8H2,1-4H3,(H,16,17,18). The van der Waals surface area contributed by atoms with Crippen LogP contribution in [0.15, 0.2) is 23.0 Å². The maximum atomic E-state index is 11.9. The third-order valence-electron chi connectivity index (χ3n) is 3.21. The van der Waals surface area contributed by atoms with Gasteiger partial charge in [-0.2, -0.15) is 0 Å². The van der Waals surface area contributed by atoms with E-state index in [0.29, 0.717) is 12.2 Å². The second kappa shape index (κ2) is 4.77. The molecule has 0 saturated carbocycles. The minimum absolute atomic E-state index is 0.0278. The molecule has 0 unspecified atom stereocenters. The summed E-state index contributed by atoms with van der Waals surface area (Å²) in [6.45, 7) is 7.84. The van der Waals surface area contributed by atoms with Gasteiger partial charge >= 0.3 is 0 Å². The van der Waals surface area contributed by atoms with Gasteiger partial charge in [0.2, 0.25) is 0 Å². The molecule has 0 aliphatic carbocycles. The predicted molar refractivity (Wildman–Crippen MR) is 73.1 cm³/mol. The Bertz CT molecular complexity index is 641. The lowest BCUT2D eigenvalue weighted by atomic mass is 9.99. The fraction of sp³-hybridized carbons (Fsp3) is 0.333. The lowest BCUT2D eigenvalue weighted by Gasteiger charge is -2.08. The highest BCUT2D eigenvalue weighted by atomic mass is 16.1. The van der Waals surface area contributed by atoms with Gasteiger partial charge in [0.05, 0.1) is 0 Å². The maximum absolute atomic E-state index is 11.9. The SMILES string of the molecule is Cc1ccc(Cc2c(C)nc(C)[nH]c2=O)c(C)c1. The van der Waals surface area contributed by atoms with Crippen molar-refractivity contribution in [2.75, 3.05) is 0 Å². The number of benzene rings is 1. The van der Waals surface area contributed by atoms with Gasteiger partial charge in [0.1, 0.15) is 5.82 Å². The second-order valence-corrected chi connectivity index (χ2v) is 4.82. The number of aryl methyl sites for hydroxylation is 4. The second-order valence-electron chi connectivity index (χ2n) is 4.82. The van der Waals surface area contributed by atoms with E-state index in [9.17, 15) is 4.79 Å². The Balaban J connectivity index is 2.43. The van der Waals surface area contributed by atoms with Gasteiger partial charge < -0.3 is 4.98 Å². The van der Waals surface area contributed by atoms with Crippen LogP contribution in [0.2, 0.25) is 0 Å². The Hall–Kier alpha value is -1.90. The average Bonchev–Trinajstić information content (AvgIpc) is 2.25. The highest BCUT2D eigenvalue weighted by Gasteiger charge is 2.09. The molecule has 2 aromatic rings. The van der Waals surface area contributed by atoms with Gasteiger partial charge in [-0.1, -0.05) is 23.8 Å². The molecule has 1 heterocycles. The average molecular weight is 242 g/mol. The van der Waals surface area contributed by atoms with Gasteiger partial charge in [0.15, 0.2) is 0 Å². The molecule has 0 aliphatic rings. The van der Waals surface area contributed by atoms with Gasteiger partial charge in [-0.25, -0.2) is 4.98 Å². The molecule has 3 nitrogen and oxygen atoms in total. The highest BCUT2D eigenvalue weighted by molar-refractivity contribution is 5.35. The number of hydrogen-bond donors (Lipinski definition) is 1. The third-order valence-corrected chi connectivity index (χ3v) is 3.21. The number of hydrogen-bond acceptors (Lipinski definition) is 2. The summed E-state index contributed by atoms with van der Waals surface area (Å²) in [5.41, 5.74) is 5.18. The van der Waals surface area contributed by atoms with E-state index in [1.807, 2.05) is 6.92 Å². The topological polar surface area (TPSA) is 45.8 Å². The summed E-state index contributed by atoms with van der Waals surface area (Å²) >= 11 is 0. The summed E-state index contributed by atoms with van der Waals surface area (Å²) in [5, 5.41) is 0. The van der Waals surface area contributed by atoms with E-state index < -0.39 is 0 Å². The summed E-state index contributed by atoms with van der Waals surface area (Å²) in [7, 11) is 0. The number of H-pyrrole nitrogens is 1. The van der Waals surface area contributed by atoms with Gasteiger partial charge in [-0.15, -0.1) is 0 Å². The Morgan fingerprint density at radius 3 is 2.50 bits per heavy atom. The molecule has 0 bridgehead atoms. The zero-order chi connectivity index (χ0) is 13.3. The molecule has 0 atom stereocenters. The molecular formula is C15H18N2O. The molecule has 1 N–H and O–H groups in total. The van der Waals surface area contributed by atoms with E-state index in [1.54, 1.807) is 6.92 Å². The van der Waals surface area contributed by atoms with E-state index in [4.69, 9.17) is 0 Å². The summed E-state index contributed by atoms with van der Waals surface area (Å²) in [6, 6.07) is 6.30. The molecule has 0 radical (unpaired) electrons. The first-order chi connectivity index (χ1) is 8.47. The van der Waals surface area contributed by atoms with E-state index in [1.165, 1.54) is 16.7 Å². The summed E-state index contributed by atoms with van der Waals surface area (Å²) in [5.74, 6) is 0.668. The summed E-state index contributed by atoms with van der Waals surface area (Å²) in [6.07, 6.45) is 0.639. The largest absolute Gasteiger partial charge is 0.311 e. The van der Waals surface area contributed by atoms with Crippen LogP contribution >= 0.6 is 0 Å². The zero-order valence-electron chi connectivity index (χ0n) is 11.3. The molecule has 1 aromatic heterocycles. The predicted octanol–water partition coefficient (Wildman–Crippen LogP) is 2.59. The first-order valence-electron chi connectivity index (χ1n) is 6.10. The van der Waals surface area contributed by atoms with E-state index in [2.05, 4.69) is 42.0 Å². The van der Waals surface area contributed by atoms with E-state index in [-0.39, 0.29) is 5.56 Å². The first-order valence-corrected chi connectivity index (χ1v) is 6.10. The van der Waals surface area contributed by atoms with Gasteiger partial charge in [0, 0.05) is 17.7 Å². The van der Waals surface area contributed by atoms with Crippen molar-refractivity contribution in [1.82, 2.24) is 9.97 Å². The lowest BCUT2D eigenvalue weighted by Crippen LogP contribution is -2.18. The molecule has 3 heteroatoms. The Labute approximate surface area is 107 Å². The van der Waals surface area contributed by atoms with Gasteiger partial charge in [-0.3, -0.25) is 4.79 Å². The molecule has 0 saturated heterocycles. The fourth-order valence-electron chi connectivity index (χ4n) is 2.19. The Morgan fingerprint density at radius 2 is 1.89 bits per heavy atom. The van der Waals surface area contributed by atoms with Crippen molar-refractivity contribution in [2.24, 2.45) is 0 Å². The van der Waals surface area contributed by atoms with Gasteiger partial charge in [0.25, 0.3) is 5.56 Å². The van der Waals surface area contributed by atoms with Crippen molar-refractivity contribution >= 4 is 0 Å². The molecule has 0 spiro atoms. The van der Waals surface area contributed by atoms with Crippen LogP contribution < -0.4 is 5.56 Å². The third kappa shape index (κ3) is 2.50. The number of nitrogens with zero attached hydrogens (tertiary/aromatic N) is 1. The van der Waals surface area contributed by atoms with Crippen LogP contribution in [0, 0.1) is 27.7 Å². The van der Waals surface area contributed by atoms with Crippen LogP contribution in [0.4, 0.5) is 0 Å². The van der Waals surface area contributed by atoms with E-state index >= 15 is 0 Å². The summed E-state index contributed by atoms with van der Waals surface area (Å²) in [4.78, 5) is 19.0. The quantitative estimate of drug-likeness (QED) is 0.879. The molecule has 0 fully saturated rings. The van der Waals surface area contributed by atoms with Crippen molar-refractivity contribution < 1.29 is 0 Å².